The minimum absolute atomic E-state index is 0.274. The van der Waals surface area contributed by atoms with Gasteiger partial charge in [0.2, 0.25) is 10.0 Å². The summed E-state index contributed by atoms with van der Waals surface area (Å²) in [6.07, 6.45) is 6.98. The molecule has 1 aromatic heterocycles. The van der Waals surface area contributed by atoms with Crippen LogP contribution in [0.25, 0.3) is 12.2 Å². The van der Waals surface area contributed by atoms with Crippen molar-refractivity contribution in [3.05, 3.63) is 71.7 Å². The molecular weight excluding hydrogens is 450 g/mol. The third-order valence-corrected chi connectivity index (χ3v) is 7.35. The number of anilines is 3. The van der Waals surface area contributed by atoms with Gasteiger partial charge in [0.1, 0.15) is 5.82 Å². The van der Waals surface area contributed by atoms with Crippen LogP contribution in [0, 0.1) is 5.41 Å². The maximum atomic E-state index is 12.8. The standard InChI is InChI=1S/C24H27N7O2S/c1-17(25)22-14-18(3-9-23(22)26)2-4-20-15-29-24(16-28-20)30-19-5-7-21(8-6-19)34(32,33)31-12-10-27-11-13-31/h2-9,14-16,25,27H,10-13,26H2,1H3,(H,29,30)/b4-2+,25-17?. The number of rotatable bonds is 7. The van der Waals surface area contributed by atoms with E-state index in [9.17, 15) is 8.42 Å². The summed E-state index contributed by atoms with van der Waals surface area (Å²) in [6.45, 7) is 3.97. The third kappa shape index (κ3) is 5.48. The van der Waals surface area contributed by atoms with E-state index in [4.69, 9.17) is 11.1 Å². The van der Waals surface area contributed by atoms with E-state index >= 15 is 0 Å². The Morgan fingerprint density at radius 3 is 2.47 bits per heavy atom. The third-order valence-electron chi connectivity index (χ3n) is 5.44. The van der Waals surface area contributed by atoms with Crippen LogP contribution in [0.3, 0.4) is 0 Å². The van der Waals surface area contributed by atoms with Crippen molar-refractivity contribution < 1.29 is 8.42 Å². The molecule has 5 N–H and O–H groups in total. The average Bonchev–Trinajstić information content (AvgIpc) is 2.85. The molecule has 0 amide bonds. The summed E-state index contributed by atoms with van der Waals surface area (Å²) in [5.41, 5.74) is 9.92. The number of aromatic nitrogens is 2. The molecule has 34 heavy (non-hydrogen) atoms. The zero-order valence-electron chi connectivity index (χ0n) is 18.8. The fourth-order valence-electron chi connectivity index (χ4n) is 3.56. The van der Waals surface area contributed by atoms with Crippen LogP contribution in [0.2, 0.25) is 0 Å². The first-order chi connectivity index (χ1) is 16.3. The predicted octanol–water partition coefficient (Wildman–Crippen LogP) is 2.95. The van der Waals surface area contributed by atoms with Crippen LogP contribution in [-0.4, -0.2) is 54.6 Å². The summed E-state index contributed by atoms with van der Waals surface area (Å²) in [6, 6.07) is 12.2. The van der Waals surface area contributed by atoms with Crippen LogP contribution in [0.4, 0.5) is 17.2 Å². The number of piperazine rings is 1. The molecule has 2 heterocycles. The van der Waals surface area contributed by atoms with Gasteiger partial charge in [-0.25, -0.2) is 13.4 Å². The molecule has 2 aromatic carbocycles. The number of nitrogen functional groups attached to an aromatic ring is 1. The molecule has 9 nitrogen and oxygen atoms in total. The van der Waals surface area contributed by atoms with Crippen LogP contribution in [0.15, 0.2) is 59.8 Å². The number of hydrogen-bond donors (Lipinski definition) is 4. The number of benzene rings is 2. The highest BCUT2D eigenvalue weighted by atomic mass is 32.2. The van der Waals surface area contributed by atoms with Gasteiger partial charge >= 0.3 is 0 Å². The lowest BCUT2D eigenvalue weighted by Gasteiger charge is -2.26. The van der Waals surface area contributed by atoms with Gasteiger partial charge in [0.25, 0.3) is 0 Å². The lowest BCUT2D eigenvalue weighted by molar-refractivity contribution is 0.360. The van der Waals surface area contributed by atoms with Gasteiger partial charge in [-0.1, -0.05) is 12.1 Å². The molecule has 1 aliphatic rings. The van der Waals surface area contributed by atoms with E-state index in [1.54, 1.807) is 49.6 Å². The molecule has 0 spiro atoms. The Morgan fingerprint density at radius 1 is 1.09 bits per heavy atom. The number of hydrogen-bond acceptors (Lipinski definition) is 8. The fraction of sp³-hybridized carbons (Fsp3) is 0.208. The average molecular weight is 478 g/mol. The predicted molar refractivity (Wildman–Crippen MR) is 136 cm³/mol. The van der Waals surface area contributed by atoms with Crippen molar-refractivity contribution in [2.24, 2.45) is 0 Å². The van der Waals surface area contributed by atoms with Gasteiger partial charge in [-0.05, 0) is 55.0 Å². The second kappa shape index (κ2) is 10.1. The second-order valence-electron chi connectivity index (χ2n) is 7.93. The topological polar surface area (TPSA) is 137 Å². The molecule has 0 radical (unpaired) electrons. The second-order valence-corrected chi connectivity index (χ2v) is 9.87. The summed E-state index contributed by atoms with van der Waals surface area (Å²) >= 11 is 0. The Morgan fingerprint density at radius 2 is 1.82 bits per heavy atom. The quantitative estimate of drug-likeness (QED) is 0.303. The normalized spacial score (nSPS) is 14.9. The van der Waals surface area contributed by atoms with E-state index in [1.807, 2.05) is 24.3 Å². The van der Waals surface area contributed by atoms with Gasteiger partial charge in [0.15, 0.2) is 0 Å². The van der Waals surface area contributed by atoms with Crippen LogP contribution < -0.4 is 16.4 Å². The molecule has 4 rings (SSSR count). The number of nitrogens with two attached hydrogens (primary N) is 1. The lowest BCUT2D eigenvalue weighted by Crippen LogP contribution is -2.46. The highest BCUT2D eigenvalue weighted by Crippen LogP contribution is 2.21. The molecule has 0 unspecified atom stereocenters. The monoisotopic (exact) mass is 477 g/mol. The Hall–Kier alpha value is -3.60. The first-order valence-corrected chi connectivity index (χ1v) is 12.3. The van der Waals surface area contributed by atoms with E-state index in [1.165, 1.54) is 4.31 Å². The van der Waals surface area contributed by atoms with Crippen LogP contribution in [-0.2, 0) is 10.0 Å². The minimum Gasteiger partial charge on any atom is -0.398 e. The molecule has 1 saturated heterocycles. The number of nitrogens with one attached hydrogen (secondary N) is 3. The molecule has 0 atom stereocenters. The molecule has 10 heteroatoms. The smallest absolute Gasteiger partial charge is 0.243 e. The Balaban J connectivity index is 1.40. The summed E-state index contributed by atoms with van der Waals surface area (Å²) in [4.78, 5) is 9.05. The number of sulfonamides is 1. The van der Waals surface area contributed by atoms with Crippen molar-refractivity contribution in [2.75, 3.05) is 37.2 Å². The fourth-order valence-corrected chi connectivity index (χ4v) is 5.01. The molecular formula is C24H27N7O2S. The SMILES string of the molecule is CC(=N)c1cc(/C=C/c2cnc(Nc3ccc(S(=O)(=O)N4CCNCC4)cc3)cn2)ccc1N. The van der Waals surface area contributed by atoms with E-state index < -0.39 is 10.0 Å². The van der Waals surface area contributed by atoms with Crippen LogP contribution in [0.1, 0.15) is 23.7 Å². The summed E-state index contributed by atoms with van der Waals surface area (Å²) in [5.74, 6) is 0.545. The van der Waals surface area contributed by atoms with Gasteiger partial charge < -0.3 is 21.8 Å². The number of nitrogens with zero attached hydrogens (tertiary/aromatic N) is 3. The Labute approximate surface area is 199 Å². The lowest BCUT2D eigenvalue weighted by atomic mass is 10.0. The summed E-state index contributed by atoms with van der Waals surface area (Å²) in [7, 11) is -3.49. The molecule has 176 valence electrons. The molecule has 0 bridgehead atoms. The van der Waals surface area contributed by atoms with Crippen molar-refractivity contribution >= 4 is 45.1 Å². The molecule has 0 aliphatic carbocycles. The first-order valence-electron chi connectivity index (χ1n) is 10.9. The molecule has 1 aliphatic heterocycles. The van der Waals surface area contributed by atoms with Crippen molar-refractivity contribution in [3.8, 4) is 0 Å². The van der Waals surface area contributed by atoms with Crippen molar-refractivity contribution in [1.29, 1.82) is 5.41 Å². The minimum atomic E-state index is -3.49. The van der Waals surface area contributed by atoms with Crippen molar-refractivity contribution in [2.45, 2.75) is 11.8 Å². The Kier molecular flexibility index (Phi) is 7.01. The van der Waals surface area contributed by atoms with Crippen LogP contribution >= 0.6 is 0 Å². The van der Waals surface area contributed by atoms with Gasteiger partial charge in [0.05, 0.1) is 23.0 Å². The highest BCUT2D eigenvalue weighted by Gasteiger charge is 2.25. The van der Waals surface area contributed by atoms with E-state index in [0.29, 0.717) is 60.3 Å². The van der Waals surface area contributed by atoms with E-state index in [0.717, 1.165) is 5.56 Å². The maximum Gasteiger partial charge on any atom is 0.243 e. The zero-order valence-corrected chi connectivity index (χ0v) is 19.6. The van der Waals surface area contributed by atoms with E-state index in [-0.39, 0.29) is 4.90 Å². The Bertz CT molecular complexity index is 1300. The molecule has 1 fully saturated rings. The first kappa shape index (κ1) is 23.6. The highest BCUT2D eigenvalue weighted by molar-refractivity contribution is 7.89. The summed E-state index contributed by atoms with van der Waals surface area (Å²) in [5, 5.41) is 14.1. The summed E-state index contributed by atoms with van der Waals surface area (Å²) < 4.78 is 27.0. The van der Waals surface area contributed by atoms with Gasteiger partial charge in [0, 0.05) is 48.8 Å². The van der Waals surface area contributed by atoms with Gasteiger partial charge in [-0.15, -0.1) is 0 Å². The molecule has 3 aromatic rings. The van der Waals surface area contributed by atoms with Crippen molar-refractivity contribution in [1.82, 2.24) is 19.6 Å². The van der Waals surface area contributed by atoms with E-state index in [2.05, 4.69) is 20.6 Å². The van der Waals surface area contributed by atoms with Crippen molar-refractivity contribution in [3.63, 3.8) is 0 Å². The van der Waals surface area contributed by atoms with Crippen LogP contribution in [0.5, 0.6) is 0 Å². The van der Waals surface area contributed by atoms with Gasteiger partial charge in [-0.3, -0.25) is 4.98 Å². The maximum absolute atomic E-state index is 12.8. The zero-order chi connectivity index (χ0) is 24.1. The van der Waals surface area contributed by atoms with Gasteiger partial charge in [-0.2, -0.15) is 4.31 Å². The largest absolute Gasteiger partial charge is 0.398 e. The molecule has 0 saturated carbocycles.